The normalized spacial score (nSPS) is 27.0. The minimum absolute atomic E-state index is 0.0874. The van der Waals surface area contributed by atoms with E-state index in [1.165, 1.54) is 19.3 Å². The van der Waals surface area contributed by atoms with E-state index in [4.69, 9.17) is 5.73 Å². The first-order valence-corrected chi connectivity index (χ1v) is 8.44. The second-order valence-corrected chi connectivity index (χ2v) is 7.43. The third kappa shape index (κ3) is 3.82. The van der Waals surface area contributed by atoms with Crippen LogP contribution >= 0.6 is 15.9 Å². The van der Waals surface area contributed by atoms with Crippen LogP contribution < -0.4 is 5.73 Å². The molecule has 3 heteroatoms. The average Bonchev–Trinajstić information content (AvgIpc) is 2.42. The van der Waals surface area contributed by atoms with Crippen molar-refractivity contribution >= 4 is 15.9 Å². The van der Waals surface area contributed by atoms with Crippen molar-refractivity contribution in [3.8, 4) is 0 Å². The van der Waals surface area contributed by atoms with Crippen LogP contribution in [0, 0.1) is 29.5 Å². The Labute approximate surface area is 130 Å². The zero-order chi connectivity index (χ0) is 14.7. The van der Waals surface area contributed by atoms with Gasteiger partial charge in [0.05, 0.1) is 0 Å². The lowest BCUT2D eigenvalue weighted by Gasteiger charge is -2.37. The molecule has 1 aromatic carbocycles. The van der Waals surface area contributed by atoms with Gasteiger partial charge in [0.2, 0.25) is 0 Å². The van der Waals surface area contributed by atoms with Gasteiger partial charge in [0.25, 0.3) is 0 Å². The van der Waals surface area contributed by atoms with E-state index in [-0.39, 0.29) is 5.82 Å². The van der Waals surface area contributed by atoms with Crippen molar-refractivity contribution < 1.29 is 4.39 Å². The summed E-state index contributed by atoms with van der Waals surface area (Å²) in [6, 6.07) is 5.23. The van der Waals surface area contributed by atoms with Crippen molar-refractivity contribution in [3.05, 3.63) is 34.1 Å². The zero-order valence-corrected chi connectivity index (χ0v) is 14.0. The largest absolute Gasteiger partial charge is 0.330 e. The van der Waals surface area contributed by atoms with Crippen molar-refractivity contribution in [3.63, 3.8) is 0 Å². The second kappa shape index (κ2) is 7.04. The molecule has 1 fully saturated rings. The fourth-order valence-corrected chi connectivity index (χ4v) is 3.92. The summed E-state index contributed by atoms with van der Waals surface area (Å²) < 4.78 is 14.9. The standard InChI is InChI=1S/C17H25BrFN/c1-11(2)12-3-4-13(10-20)14(7-12)8-15-9-16(18)5-6-17(15)19/h5-6,9,11-14H,3-4,7-8,10,20H2,1-2H3. The van der Waals surface area contributed by atoms with E-state index in [9.17, 15) is 4.39 Å². The predicted molar refractivity (Wildman–Crippen MR) is 86.0 cm³/mol. The molecule has 0 bridgehead atoms. The van der Waals surface area contributed by atoms with Gasteiger partial charge in [-0.3, -0.25) is 0 Å². The van der Waals surface area contributed by atoms with Crippen LogP contribution in [0.25, 0.3) is 0 Å². The van der Waals surface area contributed by atoms with Gasteiger partial charge in [-0.1, -0.05) is 29.8 Å². The number of hydrogen-bond acceptors (Lipinski definition) is 1. The van der Waals surface area contributed by atoms with E-state index in [0.717, 1.165) is 28.9 Å². The first-order chi connectivity index (χ1) is 9.51. The van der Waals surface area contributed by atoms with Gasteiger partial charge in [-0.05, 0) is 79.7 Å². The Morgan fingerprint density at radius 3 is 2.70 bits per heavy atom. The van der Waals surface area contributed by atoms with Crippen LogP contribution in [0.3, 0.4) is 0 Å². The fraction of sp³-hybridized carbons (Fsp3) is 0.647. The van der Waals surface area contributed by atoms with Gasteiger partial charge in [-0.25, -0.2) is 4.39 Å². The Kier molecular flexibility index (Phi) is 5.62. The smallest absolute Gasteiger partial charge is 0.126 e. The third-order valence-corrected chi connectivity index (χ3v) is 5.41. The van der Waals surface area contributed by atoms with Crippen LogP contribution in [-0.4, -0.2) is 6.54 Å². The van der Waals surface area contributed by atoms with Crippen LogP contribution in [0.15, 0.2) is 22.7 Å². The third-order valence-electron chi connectivity index (χ3n) is 4.92. The molecule has 1 aliphatic carbocycles. The highest BCUT2D eigenvalue weighted by Gasteiger charge is 2.31. The Morgan fingerprint density at radius 1 is 1.30 bits per heavy atom. The molecule has 3 unspecified atom stereocenters. The molecule has 1 saturated carbocycles. The molecule has 0 aliphatic heterocycles. The van der Waals surface area contributed by atoms with Crippen LogP contribution in [0.1, 0.15) is 38.7 Å². The van der Waals surface area contributed by atoms with E-state index >= 15 is 0 Å². The predicted octanol–water partition coefficient (Wildman–Crippen LogP) is 4.78. The first-order valence-electron chi connectivity index (χ1n) is 7.65. The van der Waals surface area contributed by atoms with E-state index in [1.807, 2.05) is 6.07 Å². The molecule has 2 N–H and O–H groups in total. The topological polar surface area (TPSA) is 26.0 Å². The van der Waals surface area contributed by atoms with Gasteiger partial charge in [-0.2, -0.15) is 0 Å². The van der Waals surface area contributed by atoms with E-state index in [2.05, 4.69) is 29.8 Å². The molecule has 1 aliphatic rings. The van der Waals surface area contributed by atoms with E-state index < -0.39 is 0 Å². The summed E-state index contributed by atoms with van der Waals surface area (Å²) in [5.41, 5.74) is 6.76. The quantitative estimate of drug-likeness (QED) is 0.837. The maximum absolute atomic E-state index is 14.0. The summed E-state index contributed by atoms with van der Waals surface area (Å²) >= 11 is 3.44. The molecule has 0 radical (unpaired) electrons. The van der Waals surface area contributed by atoms with E-state index in [0.29, 0.717) is 17.8 Å². The molecule has 0 heterocycles. The van der Waals surface area contributed by atoms with Crippen LogP contribution in [0.4, 0.5) is 4.39 Å². The minimum Gasteiger partial charge on any atom is -0.330 e. The van der Waals surface area contributed by atoms with Crippen LogP contribution in [-0.2, 0) is 6.42 Å². The molecule has 1 aromatic rings. The highest BCUT2D eigenvalue weighted by atomic mass is 79.9. The van der Waals surface area contributed by atoms with Crippen LogP contribution in [0.5, 0.6) is 0 Å². The van der Waals surface area contributed by atoms with Gasteiger partial charge in [0.1, 0.15) is 5.82 Å². The Morgan fingerprint density at radius 2 is 2.05 bits per heavy atom. The number of halogens is 2. The molecule has 0 aromatic heterocycles. The maximum Gasteiger partial charge on any atom is 0.126 e. The van der Waals surface area contributed by atoms with Gasteiger partial charge in [0, 0.05) is 4.47 Å². The molecule has 2 rings (SSSR count). The molecular weight excluding hydrogens is 317 g/mol. The highest BCUT2D eigenvalue weighted by Crippen LogP contribution is 2.39. The lowest BCUT2D eigenvalue weighted by molar-refractivity contribution is 0.150. The number of nitrogens with two attached hydrogens (primary N) is 1. The molecule has 0 amide bonds. The van der Waals surface area contributed by atoms with Crippen molar-refractivity contribution in [2.45, 2.75) is 39.5 Å². The molecule has 112 valence electrons. The van der Waals surface area contributed by atoms with Gasteiger partial charge >= 0.3 is 0 Å². The number of rotatable bonds is 4. The summed E-state index contributed by atoms with van der Waals surface area (Å²) in [6.45, 7) is 5.32. The Balaban J connectivity index is 2.13. The summed E-state index contributed by atoms with van der Waals surface area (Å²) in [7, 11) is 0. The molecule has 20 heavy (non-hydrogen) atoms. The summed E-state index contributed by atoms with van der Waals surface area (Å²) in [5.74, 6) is 2.45. The van der Waals surface area contributed by atoms with Crippen molar-refractivity contribution in [1.82, 2.24) is 0 Å². The maximum atomic E-state index is 14.0. The lowest BCUT2D eigenvalue weighted by atomic mass is 9.69. The Bertz CT molecular complexity index is 447. The van der Waals surface area contributed by atoms with E-state index in [1.54, 1.807) is 12.1 Å². The summed E-state index contributed by atoms with van der Waals surface area (Å²) in [4.78, 5) is 0. The van der Waals surface area contributed by atoms with Gasteiger partial charge in [-0.15, -0.1) is 0 Å². The molecule has 0 saturated heterocycles. The molecule has 0 spiro atoms. The van der Waals surface area contributed by atoms with Crippen molar-refractivity contribution in [2.75, 3.05) is 6.54 Å². The molecular formula is C17H25BrFN. The fourth-order valence-electron chi connectivity index (χ4n) is 3.51. The number of benzene rings is 1. The summed E-state index contributed by atoms with van der Waals surface area (Å²) in [5, 5.41) is 0. The monoisotopic (exact) mass is 341 g/mol. The lowest BCUT2D eigenvalue weighted by Crippen LogP contribution is -2.33. The summed E-state index contributed by atoms with van der Waals surface area (Å²) in [6.07, 6.45) is 4.47. The van der Waals surface area contributed by atoms with Crippen LogP contribution in [0.2, 0.25) is 0 Å². The minimum atomic E-state index is -0.0874. The molecule has 1 nitrogen and oxygen atoms in total. The molecule has 3 atom stereocenters. The second-order valence-electron chi connectivity index (χ2n) is 6.51. The average molecular weight is 342 g/mol. The highest BCUT2D eigenvalue weighted by molar-refractivity contribution is 9.10. The van der Waals surface area contributed by atoms with Gasteiger partial charge < -0.3 is 5.73 Å². The first kappa shape index (κ1) is 16.0. The number of hydrogen-bond donors (Lipinski definition) is 1. The Hall–Kier alpha value is -0.410. The SMILES string of the molecule is CC(C)C1CCC(CN)C(Cc2cc(Br)ccc2F)C1. The zero-order valence-electron chi connectivity index (χ0n) is 12.4. The van der Waals surface area contributed by atoms with Crippen molar-refractivity contribution in [1.29, 1.82) is 0 Å². The van der Waals surface area contributed by atoms with Crippen molar-refractivity contribution in [2.24, 2.45) is 29.4 Å². The van der Waals surface area contributed by atoms with Gasteiger partial charge in [0.15, 0.2) is 0 Å².